The van der Waals surface area contributed by atoms with Gasteiger partial charge in [0.2, 0.25) is 5.91 Å². The van der Waals surface area contributed by atoms with Gasteiger partial charge in [0.1, 0.15) is 0 Å². The Labute approximate surface area is 124 Å². The molecule has 5 heteroatoms. The van der Waals surface area contributed by atoms with E-state index in [1.165, 1.54) is 0 Å². The molecule has 0 aromatic carbocycles. The fourth-order valence-corrected chi connectivity index (χ4v) is 3.80. The van der Waals surface area contributed by atoms with Gasteiger partial charge in [0.15, 0.2) is 0 Å². The number of rotatable bonds is 5. The lowest BCUT2D eigenvalue weighted by atomic mass is 9.87. The first-order chi connectivity index (χ1) is 9.60. The molecule has 0 spiro atoms. The molecule has 0 unspecified atom stereocenters. The van der Waals surface area contributed by atoms with Crippen LogP contribution in [0, 0.1) is 12.8 Å². The van der Waals surface area contributed by atoms with Crippen LogP contribution < -0.4 is 5.32 Å². The summed E-state index contributed by atoms with van der Waals surface area (Å²) in [6.07, 6.45) is 5.07. The number of nitrogens with one attached hydrogen (secondary N) is 1. The largest absolute Gasteiger partial charge is 0.393 e. The number of carbonyl (C=O) groups excluding carboxylic acids is 1. The van der Waals surface area contributed by atoms with Crippen molar-refractivity contribution in [2.24, 2.45) is 5.92 Å². The molecule has 0 radical (unpaired) electrons. The molecule has 1 fully saturated rings. The summed E-state index contributed by atoms with van der Waals surface area (Å²) in [4.78, 5) is 17.8. The number of aliphatic hydroxyl groups excluding tert-OH is 1. The maximum atomic E-state index is 12.1. The van der Waals surface area contributed by atoms with Crippen molar-refractivity contribution >= 4 is 17.2 Å². The summed E-state index contributed by atoms with van der Waals surface area (Å²) in [7, 11) is 0. The maximum Gasteiger partial charge on any atom is 0.223 e. The van der Waals surface area contributed by atoms with Crippen LogP contribution >= 0.6 is 11.3 Å². The average Bonchev–Trinajstić information content (AvgIpc) is 2.77. The minimum Gasteiger partial charge on any atom is -0.393 e. The Morgan fingerprint density at radius 3 is 3.00 bits per heavy atom. The number of aromatic nitrogens is 1. The van der Waals surface area contributed by atoms with Crippen LogP contribution in [0.2, 0.25) is 0 Å². The number of amides is 1. The van der Waals surface area contributed by atoms with E-state index in [-0.39, 0.29) is 17.9 Å². The van der Waals surface area contributed by atoms with Gasteiger partial charge in [-0.2, -0.15) is 0 Å². The molecule has 4 nitrogen and oxygen atoms in total. The minimum atomic E-state index is -0.305. The van der Waals surface area contributed by atoms with Crippen molar-refractivity contribution in [1.82, 2.24) is 10.3 Å². The van der Waals surface area contributed by atoms with Crippen molar-refractivity contribution in [3.63, 3.8) is 0 Å². The lowest BCUT2D eigenvalue weighted by molar-refractivity contribution is -0.127. The Hall–Kier alpha value is -0.940. The zero-order chi connectivity index (χ0) is 14.5. The summed E-state index contributed by atoms with van der Waals surface area (Å²) in [6, 6.07) is 0. The van der Waals surface area contributed by atoms with Gasteiger partial charge in [-0.05, 0) is 39.0 Å². The number of hydrogen-bond acceptors (Lipinski definition) is 4. The first-order valence-electron chi connectivity index (χ1n) is 7.51. The number of hydrogen-bond donors (Lipinski definition) is 2. The summed E-state index contributed by atoms with van der Waals surface area (Å²) in [5, 5.41) is 13.8. The molecule has 2 N–H and O–H groups in total. The molecule has 112 valence electrons. The molecular weight excluding hydrogens is 272 g/mol. The van der Waals surface area contributed by atoms with E-state index in [0.717, 1.165) is 47.7 Å². The highest BCUT2D eigenvalue weighted by atomic mass is 32.1. The second-order valence-electron chi connectivity index (χ2n) is 5.60. The molecule has 1 aromatic heterocycles. The molecule has 1 aromatic rings. The average molecular weight is 296 g/mol. The predicted molar refractivity (Wildman–Crippen MR) is 80.7 cm³/mol. The van der Waals surface area contributed by atoms with Gasteiger partial charge >= 0.3 is 0 Å². The lowest BCUT2D eigenvalue weighted by Crippen LogP contribution is -2.34. The lowest BCUT2D eigenvalue weighted by Gasteiger charge is -2.24. The highest BCUT2D eigenvalue weighted by Gasteiger charge is 2.26. The molecule has 20 heavy (non-hydrogen) atoms. The van der Waals surface area contributed by atoms with Gasteiger partial charge in [-0.15, -0.1) is 11.3 Å². The van der Waals surface area contributed by atoms with Gasteiger partial charge < -0.3 is 10.4 Å². The number of carbonyl (C=O) groups is 1. The molecule has 2 atom stereocenters. The summed E-state index contributed by atoms with van der Waals surface area (Å²) >= 11 is 1.70. The third-order valence-electron chi connectivity index (χ3n) is 3.84. The van der Waals surface area contributed by atoms with Crippen LogP contribution in [0.4, 0.5) is 0 Å². The number of aryl methyl sites for hydroxylation is 2. The molecule has 1 aliphatic carbocycles. The molecular formula is C15H24N2O2S. The van der Waals surface area contributed by atoms with E-state index in [2.05, 4.69) is 17.2 Å². The van der Waals surface area contributed by atoms with Crippen LogP contribution in [0.25, 0.3) is 0 Å². The molecule has 0 saturated heterocycles. The van der Waals surface area contributed by atoms with Gasteiger partial charge in [-0.25, -0.2) is 4.98 Å². The molecule has 2 rings (SSSR count). The van der Waals surface area contributed by atoms with Gasteiger partial charge in [0.05, 0.1) is 23.4 Å². The second kappa shape index (κ2) is 7.18. The number of aliphatic hydroxyl groups is 1. The smallest absolute Gasteiger partial charge is 0.223 e. The van der Waals surface area contributed by atoms with E-state index >= 15 is 0 Å². The highest BCUT2D eigenvalue weighted by molar-refractivity contribution is 7.11. The van der Waals surface area contributed by atoms with E-state index in [1.54, 1.807) is 11.3 Å². The highest BCUT2D eigenvalue weighted by Crippen LogP contribution is 2.25. The fraction of sp³-hybridized carbons (Fsp3) is 0.733. The first-order valence-corrected chi connectivity index (χ1v) is 8.32. The van der Waals surface area contributed by atoms with Crippen LogP contribution in [0.1, 0.15) is 54.6 Å². The Morgan fingerprint density at radius 2 is 2.30 bits per heavy atom. The van der Waals surface area contributed by atoms with E-state index in [0.29, 0.717) is 13.0 Å². The maximum absolute atomic E-state index is 12.1. The van der Waals surface area contributed by atoms with Crippen molar-refractivity contribution in [3.05, 3.63) is 15.6 Å². The summed E-state index contributed by atoms with van der Waals surface area (Å²) in [5.41, 5.74) is 1.03. The molecule has 1 amide bonds. The van der Waals surface area contributed by atoms with E-state index < -0.39 is 0 Å². The van der Waals surface area contributed by atoms with Crippen molar-refractivity contribution < 1.29 is 9.90 Å². The third kappa shape index (κ3) is 4.03. The van der Waals surface area contributed by atoms with Crippen LogP contribution in [0.3, 0.4) is 0 Å². The predicted octanol–water partition coefficient (Wildman–Crippen LogP) is 2.57. The van der Waals surface area contributed by atoms with E-state index in [1.807, 2.05) is 6.92 Å². The van der Waals surface area contributed by atoms with E-state index in [4.69, 9.17) is 0 Å². The minimum absolute atomic E-state index is 0.0258. The first kappa shape index (κ1) is 15.4. The normalized spacial score (nSPS) is 22.8. The summed E-state index contributed by atoms with van der Waals surface area (Å²) < 4.78 is 0. The van der Waals surface area contributed by atoms with Crippen molar-refractivity contribution in [2.75, 3.05) is 0 Å². The van der Waals surface area contributed by atoms with Crippen LogP contribution in [-0.4, -0.2) is 22.1 Å². The molecule has 0 bridgehead atoms. The Balaban J connectivity index is 1.86. The third-order valence-corrected chi connectivity index (χ3v) is 5.06. The zero-order valence-corrected chi connectivity index (χ0v) is 13.1. The SMILES string of the molecule is CCCc1nc(C)c(CNC(=O)[C@@H]2CCC[C@H](O)C2)s1. The van der Waals surface area contributed by atoms with Gasteiger partial charge in [0.25, 0.3) is 0 Å². The van der Waals surface area contributed by atoms with Crippen molar-refractivity contribution in [1.29, 1.82) is 0 Å². The van der Waals surface area contributed by atoms with Crippen molar-refractivity contribution in [3.8, 4) is 0 Å². The second-order valence-corrected chi connectivity index (χ2v) is 6.77. The molecule has 1 heterocycles. The zero-order valence-electron chi connectivity index (χ0n) is 12.3. The monoisotopic (exact) mass is 296 g/mol. The Bertz CT molecular complexity index is 459. The van der Waals surface area contributed by atoms with Crippen LogP contribution in [0.5, 0.6) is 0 Å². The Morgan fingerprint density at radius 1 is 1.50 bits per heavy atom. The van der Waals surface area contributed by atoms with Crippen LogP contribution in [-0.2, 0) is 17.8 Å². The van der Waals surface area contributed by atoms with Gasteiger partial charge in [-0.1, -0.05) is 13.3 Å². The number of thiazole rings is 1. The van der Waals surface area contributed by atoms with Gasteiger partial charge in [-0.3, -0.25) is 4.79 Å². The molecule has 1 aliphatic rings. The van der Waals surface area contributed by atoms with Crippen molar-refractivity contribution in [2.45, 2.75) is 65.0 Å². The summed E-state index contributed by atoms with van der Waals surface area (Å²) in [5.74, 6) is 0.0516. The Kier molecular flexibility index (Phi) is 5.54. The number of nitrogens with zero attached hydrogens (tertiary/aromatic N) is 1. The molecule has 1 saturated carbocycles. The summed E-state index contributed by atoms with van der Waals surface area (Å²) in [6.45, 7) is 4.72. The van der Waals surface area contributed by atoms with Gasteiger partial charge in [0, 0.05) is 10.8 Å². The van der Waals surface area contributed by atoms with Crippen LogP contribution in [0.15, 0.2) is 0 Å². The standard InChI is InChI=1S/C15H24N2O2S/c1-3-5-14-17-10(2)13(20-14)9-16-15(19)11-6-4-7-12(18)8-11/h11-12,18H,3-9H2,1-2H3,(H,16,19)/t11-,12+/m1/s1. The molecule has 0 aliphatic heterocycles. The quantitative estimate of drug-likeness (QED) is 0.878. The fourth-order valence-electron chi connectivity index (χ4n) is 2.69. The topological polar surface area (TPSA) is 62.2 Å². The van der Waals surface area contributed by atoms with E-state index in [9.17, 15) is 9.90 Å².